The summed E-state index contributed by atoms with van der Waals surface area (Å²) >= 11 is 0. The first-order valence-electron chi connectivity index (χ1n) is 15.5. The zero-order valence-corrected chi connectivity index (χ0v) is 26.7. The molecule has 0 unspecified atom stereocenters. The fourth-order valence-electron chi connectivity index (χ4n) is 6.50. The Labute approximate surface area is 268 Å². The molecule has 0 aliphatic carbocycles. The molecule has 2 saturated heterocycles. The molecule has 4 atom stereocenters. The van der Waals surface area contributed by atoms with Crippen molar-refractivity contribution in [3.8, 4) is 6.07 Å². The van der Waals surface area contributed by atoms with E-state index in [4.69, 9.17) is 11.8 Å². The van der Waals surface area contributed by atoms with Gasteiger partial charge in [0.25, 0.3) is 6.54 Å². The number of fused-ring (bicyclic) bond motifs is 2. The van der Waals surface area contributed by atoms with Crippen molar-refractivity contribution in [1.82, 2.24) is 39.7 Å². The lowest BCUT2D eigenvalue weighted by Gasteiger charge is -2.42. The minimum atomic E-state index is -0.0905. The first-order valence-corrected chi connectivity index (χ1v) is 15.5. The minimum absolute atomic E-state index is 0.0552. The molecule has 14 heteroatoms. The predicted molar refractivity (Wildman–Crippen MR) is 175 cm³/mol. The molecule has 4 aromatic rings. The molecule has 2 aliphatic heterocycles. The van der Waals surface area contributed by atoms with Gasteiger partial charge in [0, 0.05) is 52.7 Å². The number of amides is 2. The fraction of sp³-hybridized carbons (Fsp3) is 0.500. The average Bonchev–Trinajstić information content (AvgIpc) is 3.75. The summed E-state index contributed by atoms with van der Waals surface area (Å²) in [5.74, 6) is 2.44. The van der Waals surface area contributed by atoms with Crippen LogP contribution in [0, 0.1) is 29.7 Å². The Morgan fingerprint density at radius 3 is 1.83 bits per heavy atom. The molecule has 0 aromatic carbocycles. The van der Waals surface area contributed by atoms with Crippen LogP contribution in [0.15, 0.2) is 37.2 Å². The van der Waals surface area contributed by atoms with E-state index in [0.717, 1.165) is 59.6 Å². The van der Waals surface area contributed by atoms with E-state index in [9.17, 15) is 9.59 Å². The molecular formula is C32H40N12O2. The number of rotatable bonds is 6. The van der Waals surface area contributed by atoms with E-state index >= 15 is 0 Å². The van der Waals surface area contributed by atoms with Gasteiger partial charge in [-0.2, -0.15) is 5.26 Å². The number of nitrogens with zero attached hydrogens (tertiary/aromatic N) is 10. The molecule has 46 heavy (non-hydrogen) atoms. The summed E-state index contributed by atoms with van der Waals surface area (Å²) in [5.41, 5.74) is 1.62. The Balaban J connectivity index is 0.000000181. The second-order valence-electron chi connectivity index (χ2n) is 12.1. The van der Waals surface area contributed by atoms with Crippen molar-refractivity contribution in [2.45, 2.75) is 45.2 Å². The number of aromatic nitrogens is 6. The lowest BCUT2D eigenvalue weighted by molar-refractivity contribution is -0.132. The van der Waals surface area contributed by atoms with Gasteiger partial charge in [-0.15, -0.1) is 0 Å². The van der Waals surface area contributed by atoms with Crippen molar-refractivity contribution in [3.63, 3.8) is 0 Å². The Morgan fingerprint density at radius 1 is 0.891 bits per heavy atom. The molecule has 2 aliphatic rings. The third-order valence-electron chi connectivity index (χ3n) is 9.32. The second kappa shape index (κ2) is 14.2. The van der Waals surface area contributed by atoms with Crippen LogP contribution >= 0.6 is 0 Å². The topological polar surface area (TPSA) is 158 Å². The Bertz CT molecular complexity index is 1620. The van der Waals surface area contributed by atoms with E-state index in [1.54, 1.807) is 22.5 Å². The average molecular weight is 625 g/mol. The number of hydrogen-bond acceptors (Lipinski definition) is 9. The SMILES string of the molecule is C[C@@H]1CCN(C(=O)CC#N)C[C@@H]1N(C)c1ncnc2[nH]ccc12.[C-]#[N+]CC(=O)N1CC[C@@H](C)[C@@H](N(C)c2ncnc3[nH]ccc23)C1. The van der Waals surface area contributed by atoms with Crippen molar-refractivity contribution >= 4 is 45.5 Å². The van der Waals surface area contributed by atoms with Crippen molar-refractivity contribution in [1.29, 1.82) is 5.26 Å². The smallest absolute Gasteiger partial charge is 0.302 e. The van der Waals surface area contributed by atoms with Gasteiger partial charge in [0.15, 0.2) is 0 Å². The summed E-state index contributed by atoms with van der Waals surface area (Å²) in [6.07, 6.45) is 8.61. The van der Waals surface area contributed by atoms with E-state index < -0.39 is 0 Å². The van der Waals surface area contributed by atoms with Crippen molar-refractivity contribution in [2.24, 2.45) is 11.8 Å². The quantitative estimate of drug-likeness (QED) is 0.308. The van der Waals surface area contributed by atoms with Crippen LogP contribution in [-0.2, 0) is 9.59 Å². The molecule has 6 heterocycles. The number of piperidine rings is 2. The third-order valence-corrected chi connectivity index (χ3v) is 9.32. The highest BCUT2D eigenvalue weighted by Gasteiger charge is 2.34. The number of hydrogen-bond donors (Lipinski definition) is 2. The summed E-state index contributed by atoms with van der Waals surface area (Å²) < 4.78 is 0. The van der Waals surface area contributed by atoms with Crippen LogP contribution in [0.4, 0.5) is 11.6 Å². The molecular weight excluding hydrogens is 584 g/mol. The molecule has 14 nitrogen and oxygen atoms in total. The summed E-state index contributed by atoms with van der Waals surface area (Å²) in [4.78, 5) is 58.7. The van der Waals surface area contributed by atoms with Gasteiger partial charge < -0.3 is 34.4 Å². The van der Waals surface area contributed by atoms with E-state index in [-0.39, 0.29) is 36.9 Å². The van der Waals surface area contributed by atoms with Crippen LogP contribution in [0.5, 0.6) is 0 Å². The number of H-pyrrole nitrogens is 2. The monoisotopic (exact) mass is 624 g/mol. The predicted octanol–water partition coefficient (Wildman–Crippen LogP) is 3.10. The molecule has 0 bridgehead atoms. The van der Waals surface area contributed by atoms with E-state index in [0.29, 0.717) is 24.9 Å². The number of nitrogens with one attached hydrogen (secondary N) is 2. The van der Waals surface area contributed by atoms with Crippen LogP contribution in [0.2, 0.25) is 0 Å². The normalized spacial score (nSPS) is 21.2. The molecule has 6 rings (SSSR count). The molecule has 4 aromatic heterocycles. The van der Waals surface area contributed by atoms with Crippen LogP contribution in [0.1, 0.15) is 33.1 Å². The van der Waals surface area contributed by atoms with Gasteiger partial charge in [0.2, 0.25) is 5.91 Å². The summed E-state index contributed by atoms with van der Waals surface area (Å²) in [7, 11) is 4.02. The number of likely N-dealkylation sites (N-methyl/N-ethyl adjacent to an activating group) is 2. The number of carbonyl (C=O) groups is 2. The van der Waals surface area contributed by atoms with E-state index in [2.05, 4.69) is 58.4 Å². The maximum absolute atomic E-state index is 12.0. The third kappa shape index (κ3) is 6.71. The molecule has 0 spiro atoms. The van der Waals surface area contributed by atoms with Gasteiger partial charge in [-0.1, -0.05) is 13.8 Å². The molecule has 0 radical (unpaired) electrons. The minimum Gasteiger partial charge on any atom is -0.354 e. The number of aromatic amines is 2. The Hall–Kier alpha value is -5.24. The fourth-order valence-corrected chi connectivity index (χ4v) is 6.50. The van der Waals surface area contributed by atoms with Gasteiger partial charge in [-0.05, 0) is 36.8 Å². The Morgan fingerprint density at radius 2 is 1.37 bits per heavy atom. The van der Waals surface area contributed by atoms with Gasteiger partial charge in [0.1, 0.15) is 42.0 Å². The van der Waals surface area contributed by atoms with Crippen LogP contribution < -0.4 is 9.80 Å². The highest BCUT2D eigenvalue weighted by Crippen LogP contribution is 2.30. The van der Waals surface area contributed by atoms with Crippen LogP contribution in [0.3, 0.4) is 0 Å². The highest BCUT2D eigenvalue weighted by atomic mass is 16.2. The van der Waals surface area contributed by atoms with Gasteiger partial charge >= 0.3 is 5.91 Å². The molecule has 2 amide bonds. The van der Waals surface area contributed by atoms with E-state index in [1.165, 1.54) is 0 Å². The largest absolute Gasteiger partial charge is 0.354 e. The Kier molecular flexibility index (Phi) is 9.96. The van der Waals surface area contributed by atoms with Gasteiger partial charge in [0.05, 0.1) is 28.9 Å². The zero-order chi connectivity index (χ0) is 32.8. The highest BCUT2D eigenvalue weighted by molar-refractivity contribution is 5.88. The second-order valence-corrected chi connectivity index (χ2v) is 12.1. The standard InChI is InChI=1S/2C16H20N6O/c1-11-5-7-22(14(23)8-17-2)9-13(11)21(3)16-12-4-6-18-15(12)19-10-20-16;1-11-5-8-22(14(23)3-6-17)9-13(11)21(2)16-12-4-7-18-15(12)19-10-20-16/h4,6,10-11,13H,5,7-9H2,1,3H3,(H,18,19,20);4,7,10-11,13H,3,5,8-9H2,1-2H3,(H,18,19,20)/t2*11-,13+/m11/s1. The molecule has 0 saturated carbocycles. The van der Waals surface area contributed by atoms with Crippen LogP contribution in [-0.4, -0.2) is 110 Å². The van der Waals surface area contributed by atoms with E-state index in [1.807, 2.05) is 44.7 Å². The van der Waals surface area contributed by atoms with Gasteiger partial charge in [-0.3, -0.25) is 9.59 Å². The number of anilines is 2. The van der Waals surface area contributed by atoms with Crippen molar-refractivity contribution in [3.05, 3.63) is 48.6 Å². The summed E-state index contributed by atoms with van der Waals surface area (Å²) in [6.45, 7) is 13.9. The first-order chi connectivity index (χ1) is 22.2. The molecule has 240 valence electrons. The maximum atomic E-state index is 12.0. The lowest BCUT2D eigenvalue weighted by Crippen LogP contribution is -2.53. The summed E-state index contributed by atoms with van der Waals surface area (Å²) in [5, 5.41) is 10.7. The molecule has 2 fully saturated rings. The first kappa shape index (κ1) is 32.2. The number of carbonyl (C=O) groups excluding carboxylic acids is 2. The zero-order valence-electron chi connectivity index (χ0n) is 26.7. The van der Waals surface area contributed by atoms with Crippen molar-refractivity contribution in [2.75, 3.05) is 56.6 Å². The van der Waals surface area contributed by atoms with Crippen molar-refractivity contribution < 1.29 is 9.59 Å². The number of likely N-dealkylation sites (tertiary alicyclic amines) is 2. The van der Waals surface area contributed by atoms with Gasteiger partial charge in [-0.25, -0.2) is 26.5 Å². The maximum Gasteiger partial charge on any atom is 0.302 e. The van der Waals surface area contributed by atoms with Crippen LogP contribution in [0.25, 0.3) is 26.9 Å². The molecule has 2 N–H and O–H groups in total. The summed E-state index contributed by atoms with van der Waals surface area (Å²) in [6, 6.07) is 6.22. The lowest BCUT2D eigenvalue weighted by atomic mass is 9.92. The number of nitriles is 1.